The summed E-state index contributed by atoms with van der Waals surface area (Å²) in [6, 6.07) is 7.47. The zero-order valence-corrected chi connectivity index (χ0v) is 11.6. The molecular formula is C14H15ClN2O2. The molecule has 0 aromatic heterocycles. The fourth-order valence-corrected chi connectivity index (χ4v) is 1.99. The zero-order valence-electron chi connectivity index (χ0n) is 10.8. The Labute approximate surface area is 117 Å². The highest BCUT2D eigenvalue weighted by molar-refractivity contribution is 6.33. The molecule has 0 saturated carbocycles. The van der Waals surface area contributed by atoms with Crippen molar-refractivity contribution in [3.8, 4) is 6.07 Å². The minimum Gasteiger partial charge on any atom is -0.478 e. The van der Waals surface area contributed by atoms with Gasteiger partial charge in [0.2, 0.25) is 0 Å². The van der Waals surface area contributed by atoms with Gasteiger partial charge in [0.25, 0.3) is 0 Å². The largest absolute Gasteiger partial charge is 0.478 e. The lowest BCUT2D eigenvalue weighted by Crippen LogP contribution is -2.23. The Bertz CT molecular complexity index is 535. The summed E-state index contributed by atoms with van der Waals surface area (Å²) >= 11 is 6.16. The second-order valence-corrected chi connectivity index (χ2v) is 4.70. The second-order valence-electron chi connectivity index (χ2n) is 4.29. The van der Waals surface area contributed by atoms with Crippen LogP contribution in [0.4, 0.5) is 5.69 Å². The Hall–Kier alpha value is -1.99. The average Bonchev–Trinajstić information content (AvgIpc) is 2.35. The second kappa shape index (κ2) is 6.81. The van der Waals surface area contributed by atoms with Gasteiger partial charge >= 0.3 is 5.97 Å². The number of carboxylic acid groups (broad SMARTS) is 1. The number of aliphatic carboxylic acids is 1. The summed E-state index contributed by atoms with van der Waals surface area (Å²) in [6.45, 7) is 2.43. The number of halogens is 1. The number of nitrogens with zero attached hydrogens (tertiary/aromatic N) is 2. The number of carboxylic acids is 1. The van der Waals surface area contributed by atoms with Gasteiger partial charge in [0.1, 0.15) is 0 Å². The summed E-state index contributed by atoms with van der Waals surface area (Å²) < 4.78 is 0. The molecule has 0 radical (unpaired) electrons. The summed E-state index contributed by atoms with van der Waals surface area (Å²) in [6.07, 6.45) is 2.54. The van der Waals surface area contributed by atoms with E-state index in [0.29, 0.717) is 11.6 Å². The average molecular weight is 279 g/mol. The van der Waals surface area contributed by atoms with Crippen LogP contribution in [-0.2, 0) is 4.79 Å². The van der Waals surface area contributed by atoms with Crippen LogP contribution in [0.15, 0.2) is 24.3 Å². The lowest BCUT2D eigenvalue weighted by molar-refractivity contribution is -0.131. The monoisotopic (exact) mass is 278 g/mol. The van der Waals surface area contributed by atoms with Crippen molar-refractivity contribution in [3.05, 3.63) is 34.9 Å². The van der Waals surface area contributed by atoms with Crippen LogP contribution >= 0.6 is 11.6 Å². The molecule has 1 rings (SSSR count). The van der Waals surface area contributed by atoms with Crippen molar-refractivity contribution in [1.82, 2.24) is 0 Å². The van der Waals surface area contributed by atoms with Gasteiger partial charge in [0.15, 0.2) is 0 Å². The Morgan fingerprint density at radius 3 is 2.84 bits per heavy atom. The van der Waals surface area contributed by atoms with Crippen molar-refractivity contribution in [2.75, 3.05) is 18.5 Å². The van der Waals surface area contributed by atoms with Gasteiger partial charge in [-0.15, -0.1) is 0 Å². The van der Waals surface area contributed by atoms with Crippen molar-refractivity contribution in [2.45, 2.75) is 6.92 Å². The highest BCUT2D eigenvalue weighted by Crippen LogP contribution is 2.27. The number of hydrogen-bond donors (Lipinski definition) is 1. The predicted molar refractivity (Wildman–Crippen MR) is 76.2 cm³/mol. The molecule has 0 aliphatic heterocycles. The maximum absolute atomic E-state index is 10.4. The van der Waals surface area contributed by atoms with Crippen LogP contribution in [0.3, 0.4) is 0 Å². The molecule has 1 aromatic rings. The third-order valence-corrected chi connectivity index (χ3v) is 2.87. The van der Waals surface area contributed by atoms with E-state index in [1.54, 1.807) is 12.1 Å². The molecule has 0 bridgehead atoms. The molecule has 100 valence electrons. The van der Waals surface area contributed by atoms with E-state index in [1.165, 1.54) is 6.08 Å². The Kier molecular flexibility index (Phi) is 5.40. The third-order valence-electron chi connectivity index (χ3n) is 2.57. The molecule has 1 N–H and O–H groups in total. The topological polar surface area (TPSA) is 64.3 Å². The highest BCUT2D eigenvalue weighted by atomic mass is 35.5. The minimum absolute atomic E-state index is 0.0901. The van der Waals surface area contributed by atoms with Crippen LogP contribution in [0, 0.1) is 17.2 Å². The maximum Gasteiger partial charge on any atom is 0.328 e. The fourth-order valence-electron chi connectivity index (χ4n) is 1.65. The number of rotatable bonds is 5. The normalized spacial score (nSPS) is 12.1. The summed E-state index contributed by atoms with van der Waals surface area (Å²) in [7, 11) is 1.86. The molecule has 1 aromatic carbocycles. The Balaban J connectivity index is 2.88. The number of carbonyl (C=O) groups is 1. The van der Waals surface area contributed by atoms with Crippen molar-refractivity contribution in [1.29, 1.82) is 5.26 Å². The summed E-state index contributed by atoms with van der Waals surface area (Å²) in [5, 5.41) is 17.9. The Morgan fingerprint density at radius 1 is 1.63 bits per heavy atom. The summed E-state index contributed by atoms with van der Waals surface area (Å²) in [4.78, 5) is 12.3. The number of nitriles is 1. The van der Waals surface area contributed by atoms with Gasteiger partial charge in [-0.3, -0.25) is 0 Å². The summed E-state index contributed by atoms with van der Waals surface area (Å²) in [5.41, 5.74) is 1.54. The molecular weight excluding hydrogens is 264 g/mol. The van der Waals surface area contributed by atoms with E-state index in [2.05, 4.69) is 6.07 Å². The molecule has 1 atom stereocenters. The first kappa shape index (κ1) is 15.1. The van der Waals surface area contributed by atoms with Gasteiger partial charge < -0.3 is 10.0 Å². The lowest BCUT2D eigenvalue weighted by atomic mass is 10.1. The molecule has 0 amide bonds. The van der Waals surface area contributed by atoms with Crippen molar-refractivity contribution in [3.63, 3.8) is 0 Å². The van der Waals surface area contributed by atoms with Gasteiger partial charge in [0.05, 0.1) is 22.7 Å². The standard InChI is InChI=1S/C14H15ClN2O2/c1-10(8-16)9-17(2)13-5-3-11(7-12(13)15)4-6-14(18)19/h3-7,10H,9H2,1-2H3,(H,18,19)/b6-4+. The minimum atomic E-state index is -1.000. The predicted octanol–water partition coefficient (Wildman–Crippen LogP) is 3.03. The molecule has 0 fully saturated rings. The number of benzene rings is 1. The van der Waals surface area contributed by atoms with Gasteiger partial charge in [-0.1, -0.05) is 17.7 Å². The third kappa shape index (κ3) is 4.65. The Morgan fingerprint density at radius 2 is 2.32 bits per heavy atom. The molecule has 1 unspecified atom stereocenters. The smallest absolute Gasteiger partial charge is 0.328 e. The van der Waals surface area contributed by atoms with Crippen LogP contribution in [0.1, 0.15) is 12.5 Å². The summed E-state index contributed by atoms with van der Waals surface area (Å²) in [5.74, 6) is -1.09. The van der Waals surface area contributed by atoms with E-state index in [4.69, 9.17) is 22.0 Å². The van der Waals surface area contributed by atoms with Crippen molar-refractivity contribution in [2.24, 2.45) is 5.92 Å². The lowest BCUT2D eigenvalue weighted by Gasteiger charge is -2.21. The van der Waals surface area contributed by atoms with Gasteiger partial charge in [-0.25, -0.2) is 4.79 Å². The highest BCUT2D eigenvalue weighted by Gasteiger charge is 2.09. The first-order valence-electron chi connectivity index (χ1n) is 5.75. The van der Waals surface area contributed by atoms with E-state index >= 15 is 0 Å². The number of anilines is 1. The van der Waals surface area contributed by atoms with E-state index in [1.807, 2.05) is 24.9 Å². The van der Waals surface area contributed by atoms with E-state index < -0.39 is 5.97 Å². The number of hydrogen-bond acceptors (Lipinski definition) is 3. The molecule has 5 heteroatoms. The van der Waals surface area contributed by atoms with Crippen LogP contribution in [-0.4, -0.2) is 24.7 Å². The van der Waals surface area contributed by atoms with Gasteiger partial charge in [0, 0.05) is 19.7 Å². The first-order valence-corrected chi connectivity index (χ1v) is 6.13. The molecule has 0 heterocycles. The van der Waals surface area contributed by atoms with Crippen LogP contribution in [0.2, 0.25) is 5.02 Å². The first-order chi connectivity index (χ1) is 8.93. The molecule has 0 spiro atoms. The molecule has 0 saturated heterocycles. The van der Waals surface area contributed by atoms with Gasteiger partial charge in [-0.2, -0.15) is 5.26 Å². The van der Waals surface area contributed by atoms with E-state index in [0.717, 1.165) is 17.3 Å². The van der Waals surface area contributed by atoms with E-state index in [9.17, 15) is 4.79 Å². The van der Waals surface area contributed by atoms with Crippen LogP contribution < -0.4 is 4.90 Å². The van der Waals surface area contributed by atoms with Crippen molar-refractivity contribution >= 4 is 29.3 Å². The van der Waals surface area contributed by atoms with Crippen molar-refractivity contribution < 1.29 is 9.90 Å². The SMILES string of the molecule is CC(C#N)CN(C)c1ccc(/C=C/C(=O)O)cc1Cl. The maximum atomic E-state index is 10.4. The van der Waals surface area contributed by atoms with Crippen LogP contribution in [0.5, 0.6) is 0 Å². The van der Waals surface area contributed by atoms with Crippen LogP contribution in [0.25, 0.3) is 6.08 Å². The molecule has 0 aliphatic carbocycles. The molecule has 19 heavy (non-hydrogen) atoms. The molecule has 0 aliphatic rings. The van der Waals surface area contributed by atoms with E-state index in [-0.39, 0.29) is 5.92 Å². The fraction of sp³-hybridized carbons (Fsp3) is 0.286. The zero-order chi connectivity index (χ0) is 14.4. The molecule has 4 nitrogen and oxygen atoms in total. The quantitative estimate of drug-likeness (QED) is 0.841. The van der Waals surface area contributed by atoms with Gasteiger partial charge in [-0.05, 0) is 30.7 Å².